The number of fused-ring (bicyclic) bond motifs is 1. The summed E-state index contributed by atoms with van der Waals surface area (Å²) in [4.78, 5) is 0. The summed E-state index contributed by atoms with van der Waals surface area (Å²) in [7, 11) is -1.53. The first kappa shape index (κ1) is 19.1. The zero-order chi connectivity index (χ0) is 17.1. The van der Waals surface area contributed by atoms with E-state index in [-0.39, 0.29) is 24.5 Å². The average molecular weight is 350 g/mol. The largest absolute Gasteiger partial charge is 0.353 e. The third kappa shape index (κ3) is 4.63. The van der Waals surface area contributed by atoms with Gasteiger partial charge in [-0.25, -0.2) is 0 Å². The summed E-state index contributed by atoms with van der Waals surface area (Å²) in [5.41, 5.74) is 0. The molecular weight excluding hydrogens is 323 g/mol. The molecule has 0 amide bonds. The highest BCUT2D eigenvalue weighted by atomic mass is 31.2. The highest BCUT2D eigenvalue weighted by Crippen LogP contribution is 2.48. The number of allylic oxidation sites excluding steroid dienone is 1. The third-order valence-electron chi connectivity index (χ3n) is 3.59. The molecule has 7 nitrogen and oxygen atoms in total. The van der Waals surface area contributed by atoms with Crippen molar-refractivity contribution in [2.75, 3.05) is 26.5 Å². The van der Waals surface area contributed by atoms with Crippen molar-refractivity contribution in [1.29, 1.82) is 0 Å². The Balaban J connectivity index is 2.00. The van der Waals surface area contributed by atoms with Crippen molar-refractivity contribution >= 4 is 7.60 Å². The molecule has 8 heteroatoms. The molecule has 2 rings (SSSR count). The lowest BCUT2D eigenvalue weighted by atomic mass is 10.1. The van der Waals surface area contributed by atoms with Crippen LogP contribution in [-0.4, -0.2) is 56.9 Å². The van der Waals surface area contributed by atoms with E-state index in [1.807, 2.05) is 19.9 Å². The molecule has 4 atom stereocenters. The fourth-order valence-electron chi connectivity index (χ4n) is 2.80. The Hall–Kier alpha value is -0.270. The lowest BCUT2D eigenvalue weighted by Crippen LogP contribution is -2.30. The summed E-state index contributed by atoms with van der Waals surface area (Å²) in [5, 5.41) is 0. The summed E-state index contributed by atoms with van der Waals surface area (Å²) in [6.45, 7) is 7.97. The molecule has 23 heavy (non-hydrogen) atoms. The first-order valence-corrected chi connectivity index (χ1v) is 9.65. The van der Waals surface area contributed by atoms with E-state index in [4.69, 9.17) is 28.0 Å². The Morgan fingerprint density at radius 2 is 1.74 bits per heavy atom. The number of methoxy groups -OCH3 is 1. The molecule has 0 aliphatic carbocycles. The van der Waals surface area contributed by atoms with Crippen LogP contribution in [0.2, 0.25) is 0 Å². The predicted octanol–water partition coefficient (Wildman–Crippen LogP) is 2.70. The van der Waals surface area contributed by atoms with E-state index in [2.05, 4.69) is 0 Å². The fraction of sp³-hybridized carbons (Fsp3) is 0.867. The smallest absolute Gasteiger partial charge is 0.334 e. The van der Waals surface area contributed by atoms with Crippen molar-refractivity contribution in [3.05, 3.63) is 12.2 Å². The van der Waals surface area contributed by atoms with Crippen molar-refractivity contribution in [2.24, 2.45) is 0 Å². The zero-order valence-electron chi connectivity index (χ0n) is 14.4. The van der Waals surface area contributed by atoms with Gasteiger partial charge in [-0.2, -0.15) is 0 Å². The van der Waals surface area contributed by atoms with Crippen LogP contribution in [0.1, 0.15) is 27.7 Å². The monoisotopic (exact) mass is 350 g/mol. The van der Waals surface area contributed by atoms with Gasteiger partial charge in [0, 0.05) is 7.11 Å². The van der Waals surface area contributed by atoms with Gasteiger partial charge in [0.15, 0.2) is 12.1 Å². The van der Waals surface area contributed by atoms with E-state index >= 15 is 0 Å². The van der Waals surface area contributed by atoms with Gasteiger partial charge < -0.3 is 28.0 Å². The van der Waals surface area contributed by atoms with Crippen molar-refractivity contribution in [2.45, 2.75) is 58.1 Å². The molecule has 2 aliphatic rings. The van der Waals surface area contributed by atoms with Gasteiger partial charge in [0.05, 0.1) is 19.4 Å². The topological polar surface area (TPSA) is 72.5 Å². The SMILES string of the molecule is CCOP(=O)(C/C=C/[C@H]1O[C@@H](OC)[C@@H]2OC(C)(C)O[C@@H]21)OCC. The fourth-order valence-corrected chi connectivity index (χ4v) is 4.25. The number of ether oxygens (including phenoxy) is 4. The van der Waals surface area contributed by atoms with Gasteiger partial charge in [-0.1, -0.05) is 12.2 Å². The zero-order valence-corrected chi connectivity index (χ0v) is 15.3. The maximum Gasteiger partial charge on any atom is 0.334 e. The first-order valence-electron chi connectivity index (χ1n) is 7.93. The lowest BCUT2D eigenvalue weighted by molar-refractivity contribution is -0.221. The summed E-state index contributed by atoms with van der Waals surface area (Å²) in [6.07, 6.45) is 2.39. The molecule has 0 saturated carbocycles. The second-order valence-electron chi connectivity index (χ2n) is 5.83. The Labute approximate surface area is 137 Å². The van der Waals surface area contributed by atoms with Gasteiger partial charge in [-0.15, -0.1) is 0 Å². The molecule has 2 fully saturated rings. The van der Waals surface area contributed by atoms with Gasteiger partial charge in [0.1, 0.15) is 18.3 Å². The number of hydrogen-bond acceptors (Lipinski definition) is 7. The third-order valence-corrected chi connectivity index (χ3v) is 5.55. The standard InChI is InChI=1S/C15H27O7P/c1-6-18-23(16,19-7-2)10-8-9-11-12-13(14(17-5)20-11)22-15(3,4)21-12/h8-9,11-14H,6-7,10H2,1-5H3/b9-8+/t11-,12-,13-,14-/m1/s1. The molecule has 2 heterocycles. The van der Waals surface area contributed by atoms with Crippen LogP contribution in [0.5, 0.6) is 0 Å². The van der Waals surface area contributed by atoms with Crippen LogP contribution in [0.15, 0.2) is 12.2 Å². The molecule has 0 N–H and O–H groups in total. The van der Waals surface area contributed by atoms with E-state index in [0.29, 0.717) is 13.2 Å². The summed E-state index contributed by atoms with van der Waals surface area (Å²) < 4.78 is 45.7. The number of hydrogen-bond donors (Lipinski definition) is 0. The van der Waals surface area contributed by atoms with Gasteiger partial charge in [0.25, 0.3) is 0 Å². The van der Waals surface area contributed by atoms with E-state index in [1.54, 1.807) is 27.0 Å². The molecule has 0 bridgehead atoms. The lowest BCUT2D eigenvalue weighted by Gasteiger charge is -2.22. The second kappa shape index (κ2) is 7.74. The van der Waals surface area contributed by atoms with Crippen molar-refractivity contribution in [3.8, 4) is 0 Å². The Morgan fingerprint density at radius 1 is 1.13 bits per heavy atom. The number of rotatable bonds is 8. The molecule has 2 saturated heterocycles. The maximum absolute atomic E-state index is 12.4. The minimum absolute atomic E-state index is 0.188. The second-order valence-corrected chi connectivity index (χ2v) is 7.93. The Morgan fingerprint density at radius 3 is 2.30 bits per heavy atom. The maximum atomic E-state index is 12.4. The summed E-state index contributed by atoms with van der Waals surface area (Å²) >= 11 is 0. The van der Waals surface area contributed by atoms with Crippen LogP contribution in [0.25, 0.3) is 0 Å². The van der Waals surface area contributed by atoms with Crippen LogP contribution in [0, 0.1) is 0 Å². The predicted molar refractivity (Wildman–Crippen MR) is 84.4 cm³/mol. The van der Waals surface area contributed by atoms with E-state index in [9.17, 15) is 4.57 Å². The van der Waals surface area contributed by atoms with Gasteiger partial charge >= 0.3 is 7.60 Å². The van der Waals surface area contributed by atoms with Gasteiger partial charge in [-0.3, -0.25) is 4.57 Å². The van der Waals surface area contributed by atoms with Crippen LogP contribution in [0.3, 0.4) is 0 Å². The normalized spacial score (nSPS) is 33.4. The van der Waals surface area contributed by atoms with Crippen LogP contribution >= 0.6 is 7.60 Å². The highest BCUT2D eigenvalue weighted by Gasteiger charge is 2.54. The molecule has 0 aromatic heterocycles. The quantitative estimate of drug-likeness (QED) is 0.492. The summed E-state index contributed by atoms with van der Waals surface area (Å²) in [6, 6.07) is 0. The Bertz CT molecular complexity index is 455. The van der Waals surface area contributed by atoms with Crippen LogP contribution in [-0.2, 0) is 32.6 Å². The highest BCUT2D eigenvalue weighted by molar-refractivity contribution is 7.54. The molecule has 2 aliphatic heterocycles. The molecule has 0 unspecified atom stereocenters. The van der Waals surface area contributed by atoms with Crippen molar-refractivity contribution in [3.63, 3.8) is 0 Å². The molecule has 0 spiro atoms. The van der Waals surface area contributed by atoms with E-state index in [1.165, 1.54) is 0 Å². The van der Waals surface area contributed by atoms with Crippen molar-refractivity contribution in [1.82, 2.24) is 0 Å². The minimum Gasteiger partial charge on any atom is -0.353 e. The molecular formula is C15H27O7P. The van der Waals surface area contributed by atoms with E-state index < -0.39 is 19.7 Å². The van der Waals surface area contributed by atoms with Crippen LogP contribution < -0.4 is 0 Å². The molecule has 0 aromatic rings. The van der Waals surface area contributed by atoms with Gasteiger partial charge in [0.2, 0.25) is 0 Å². The molecule has 0 aromatic carbocycles. The minimum atomic E-state index is -3.10. The average Bonchev–Trinajstić information content (AvgIpc) is 2.93. The molecule has 0 radical (unpaired) electrons. The van der Waals surface area contributed by atoms with Crippen molar-refractivity contribution < 1.29 is 32.6 Å². The Kier molecular flexibility index (Phi) is 6.42. The van der Waals surface area contributed by atoms with E-state index in [0.717, 1.165) is 0 Å². The summed E-state index contributed by atoms with van der Waals surface area (Å²) in [5.74, 6) is -0.673. The molecule has 134 valence electrons. The van der Waals surface area contributed by atoms with Crippen LogP contribution in [0.4, 0.5) is 0 Å². The van der Waals surface area contributed by atoms with Gasteiger partial charge in [-0.05, 0) is 27.7 Å². The first-order chi connectivity index (χ1) is 10.8.